The number of aliphatic hydroxyl groups excluding tert-OH is 1. The molecule has 0 spiro atoms. The number of hydrogen-bond acceptors (Lipinski definition) is 12. The van der Waals surface area contributed by atoms with Gasteiger partial charge in [-0.1, -0.05) is 18.2 Å². The average molecular weight is 1290 g/mol. The number of carbonyl (C=O) groups excluding carboxylic acids is 4. The molecule has 9 heterocycles. The van der Waals surface area contributed by atoms with Crippen LogP contribution in [0.5, 0.6) is 17.2 Å². The summed E-state index contributed by atoms with van der Waals surface area (Å²) in [6.45, 7) is 21.0. The largest absolute Gasteiger partial charge is 0.496 e. The summed E-state index contributed by atoms with van der Waals surface area (Å²) in [5.74, 6) is 2.21. The smallest absolute Gasteiger partial charge is 0.270 e. The average Bonchev–Trinajstić information content (AvgIpc) is 1.73. The molecule has 15 nitrogen and oxygen atoms in total. The minimum absolute atomic E-state index is 0.000807. The number of nitrogens with zero attached hydrogens (tertiary/aromatic N) is 6. The second-order valence-electron chi connectivity index (χ2n) is 26.2. The third-order valence-electron chi connectivity index (χ3n) is 17.9. The molecule has 3 aliphatic heterocycles. The van der Waals surface area contributed by atoms with Gasteiger partial charge in [-0.3, -0.25) is 19.2 Å². The molecule has 0 atom stereocenters. The highest BCUT2D eigenvalue weighted by atomic mass is 32.1. The highest BCUT2D eigenvalue weighted by Crippen LogP contribution is 2.48. The number of aromatic nitrogens is 3. The second kappa shape index (κ2) is 26.3. The fraction of sp³-hybridized carbons (Fsp3) is 0.370. The molecule has 0 aliphatic carbocycles. The molecule has 0 radical (unpaired) electrons. The zero-order chi connectivity index (χ0) is 65.6. The Bertz CT molecular complexity index is 4160. The summed E-state index contributed by atoms with van der Waals surface area (Å²) >= 11 is 5.01. The van der Waals surface area contributed by atoms with Gasteiger partial charge in [0.05, 0.1) is 57.2 Å². The van der Waals surface area contributed by atoms with Gasteiger partial charge in [0.1, 0.15) is 34.3 Å². The Kier molecular flexibility index (Phi) is 19.1. The molecule has 3 aromatic carbocycles. The molecular formula is C73H84N6O9S3. The lowest BCUT2D eigenvalue weighted by molar-refractivity contribution is 0.0635. The number of aldehydes is 1. The zero-order valence-corrected chi connectivity index (χ0v) is 57.7. The van der Waals surface area contributed by atoms with Crippen molar-refractivity contribution in [3.63, 3.8) is 0 Å². The Hall–Kier alpha value is -8.00. The van der Waals surface area contributed by atoms with Gasteiger partial charge in [-0.2, -0.15) is 0 Å². The van der Waals surface area contributed by atoms with Crippen molar-refractivity contribution >= 4 is 58.0 Å². The van der Waals surface area contributed by atoms with Gasteiger partial charge in [0.25, 0.3) is 17.7 Å². The van der Waals surface area contributed by atoms with Crippen LogP contribution in [-0.4, -0.2) is 124 Å². The predicted octanol–water partition coefficient (Wildman–Crippen LogP) is 15.4. The van der Waals surface area contributed by atoms with Crippen molar-refractivity contribution in [1.82, 2.24) is 28.4 Å². The van der Waals surface area contributed by atoms with Crippen LogP contribution >= 0.6 is 34.0 Å². The number of fused-ring (bicyclic) bond motifs is 9. The first kappa shape index (κ1) is 65.9. The number of carbonyl (C=O) groups is 4. The van der Waals surface area contributed by atoms with Crippen molar-refractivity contribution in [3.05, 3.63) is 158 Å². The molecule has 3 amide bonds. The maximum absolute atomic E-state index is 13.5. The first-order chi connectivity index (χ1) is 43.3. The van der Waals surface area contributed by atoms with Crippen molar-refractivity contribution in [2.75, 3.05) is 49.6 Å². The number of aliphatic hydroxyl groups is 1. The number of rotatable bonds is 13. The molecule has 0 bridgehead atoms. The Morgan fingerprint density at radius 3 is 1.11 bits per heavy atom. The summed E-state index contributed by atoms with van der Waals surface area (Å²) in [5.41, 5.74) is 16.7. The molecule has 0 saturated heterocycles. The molecule has 12 rings (SSSR count). The molecule has 9 aromatic rings. The molecule has 91 heavy (non-hydrogen) atoms. The van der Waals surface area contributed by atoms with Gasteiger partial charge in [0.15, 0.2) is 6.29 Å². The van der Waals surface area contributed by atoms with Crippen molar-refractivity contribution in [2.24, 2.45) is 0 Å². The van der Waals surface area contributed by atoms with E-state index in [1.54, 1.807) is 72.2 Å². The molecule has 6 aromatic heterocycles. The Balaban J connectivity index is 0.000000150. The lowest BCUT2D eigenvalue weighted by Crippen LogP contribution is -2.43. The molecule has 3 aliphatic rings. The van der Waals surface area contributed by atoms with Crippen LogP contribution in [0.1, 0.15) is 132 Å². The number of amides is 3. The molecule has 478 valence electrons. The van der Waals surface area contributed by atoms with Gasteiger partial charge >= 0.3 is 0 Å². The topological polar surface area (TPSA) is 150 Å². The van der Waals surface area contributed by atoms with Crippen LogP contribution < -0.4 is 14.2 Å². The Morgan fingerprint density at radius 1 is 0.484 bits per heavy atom. The van der Waals surface area contributed by atoms with E-state index in [2.05, 4.69) is 87.7 Å². The van der Waals surface area contributed by atoms with E-state index in [0.717, 1.165) is 132 Å². The van der Waals surface area contributed by atoms with Gasteiger partial charge in [-0.15, -0.1) is 34.0 Å². The van der Waals surface area contributed by atoms with Crippen molar-refractivity contribution in [1.29, 1.82) is 0 Å². The Labute approximate surface area is 547 Å². The number of ether oxygens (including phenoxy) is 4. The lowest BCUT2D eigenvalue weighted by atomic mass is 9.93. The van der Waals surface area contributed by atoms with Crippen LogP contribution in [0, 0.1) is 0 Å². The summed E-state index contributed by atoms with van der Waals surface area (Å²) in [5, 5.41) is 16.0. The SMILES string of the molecule is COCc1cc2c(cc1OC)CCn1c(C(=O)N(C)C(C)(C)C)cc(-c3cccs3)c1-2.COc1cc2c(cc1C=O)-c1c(-c3cccs3)cc(C(=O)N(C)C(C)(C)C)n1CC2.COc1cc2c(cc1CO)-c1c(-c3cccs3)cc(C(=O)N(C)C(C)(C)C)n1CC2. The van der Waals surface area contributed by atoms with Crippen LogP contribution in [-0.2, 0) is 56.8 Å². The maximum atomic E-state index is 13.5. The number of hydrogen-bond donors (Lipinski definition) is 1. The molecule has 18 heteroatoms. The van der Waals surface area contributed by atoms with Crippen LogP contribution in [0.15, 0.2) is 107 Å². The normalized spacial score (nSPS) is 12.9. The van der Waals surface area contributed by atoms with E-state index >= 15 is 0 Å². The third kappa shape index (κ3) is 12.7. The minimum atomic E-state index is -0.282. The fourth-order valence-electron chi connectivity index (χ4n) is 12.0. The minimum Gasteiger partial charge on any atom is -0.496 e. The van der Waals surface area contributed by atoms with Crippen LogP contribution in [0.25, 0.3) is 65.1 Å². The zero-order valence-electron chi connectivity index (χ0n) is 55.2. The van der Waals surface area contributed by atoms with Crippen molar-refractivity contribution < 1.29 is 43.2 Å². The first-order valence-corrected chi connectivity index (χ1v) is 33.2. The van der Waals surface area contributed by atoms with Crippen molar-refractivity contribution in [3.8, 4) is 82.3 Å². The van der Waals surface area contributed by atoms with E-state index in [9.17, 15) is 24.3 Å². The fourth-order valence-corrected chi connectivity index (χ4v) is 14.3. The van der Waals surface area contributed by atoms with E-state index in [1.807, 2.05) is 121 Å². The van der Waals surface area contributed by atoms with Gasteiger partial charge in [0, 0.05) is 124 Å². The number of aryl methyl sites for hydroxylation is 3. The van der Waals surface area contributed by atoms with Gasteiger partial charge < -0.3 is 52.5 Å². The van der Waals surface area contributed by atoms with Gasteiger partial charge in [0.2, 0.25) is 0 Å². The quantitative estimate of drug-likeness (QED) is 0.111. The van der Waals surface area contributed by atoms with Gasteiger partial charge in [-0.25, -0.2) is 0 Å². The number of methoxy groups -OCH3 is 4. The molecule has 0 saturated carbocycles. The lowest BCUT2D eigenvalue weighted by Gasteiger charge is -2.33. The summed E-state index contributed by atoms with van der Waals surface area (Å²) in [4.78, 5) is 60.8. The first-order valence-electron chi connectivity index (χ1n) is 30.6. The summed E-state index contributed by atoms with van der Waals surface area (Å²) in [7, 11) is 12.2. The van der Waals surface area contributed by atoms with E-state index in [0.29, 0.717) is 41.6 Å². The third-order valence-corrected chi connectivity index (χ3v) is 20.6. The van der Waals surface area contributed by atoms with Crippen molar-refractivity contribution in [2.45, 2.75) is 131 Å². The summed E-state index contributed by atoms with van der Waals surface area (Å²) in [6, 6.07) is 30.7. The van der Waals surface area contributed by atoms with Gasteiger partial charge in [-0.05, 0) is 187 Å². The van der Waals surface area contributed by atoms with E-state index in [1.165, 1.54) is 11.1 Å². The van der Waals surface area contributed by atoms with Crippen LogP contribution in [0.3, 0.4) is 0 Å². The van der Waals surface area contributed by atoms with E-state index in [-0.39, 0.29) is 40.9 Å². The molecule has 1 N–H and O–H groups in total. The van der Waals surface area contributed by atoms with Crippen LogP contribution in [0.2, 0.25) is 0 Å². The number of thiophene rings is 3. The highest BCUT2D eigenvalue weighted by molar-refractivity contribution is 7.14. The second-order valence-corrected chi connectivity index (χ2v) is 29.1. The monoisotopic (exact) mass is 1280 g/mol. The molecular weight excluding hydrogens is 1200 g/mol. The highest BCUT2D eigenvalue weighted by Gasteiger charge is 2.36. The summed E-state index contributed by atoms with van der Waals surface area (Å²) in [6.07, 6.45) is 3.26. The van der Waals surface area contributed by atoms with E-state index in [4.69, 9.17) is 18.9 Å². The maximum Gasteiger partial charge on any atom is 0.270 e. The molecule has 0 fully saturated rings. The number of benzene rings is 3. The van der Waals surface area contributed by atoms with E-state index < -0.39 is 0 Å². The van der Waals surface area contributed by atoms with Crippen LogP contribution in [0.4, 0.5) is 0 Å². The Morgan fingerprint density at radius 2 is 0.813 bits per heavy atom. The summed E-state index contributed by atoms with van der Waals surface area (Å²) < 4.78 is 28.4. The predicted molar refractivity (Wildman–Crippen MR) is 368 cm³/mol. The standard InChI is InChI=1S/C25H30N2O3S.C24H28N2O3S.C24H26N2O3S/c1-25(2,3)26(4)24(28)20-14-19(22-8-7-11-31-22)23-18-12-17(15-29-5)21(30-6)13-16(18)9-10-27(20)23;2*1-24(2,3)25(4)23(28)19-13-18(21-7-6-10-30-21)22-17-11-16(14-27)20(29-5)12-15(17)8-9-26(19)22/h7-8,11-14H,9-10,15H2,1-6H3;6-7,10-13,27H,8-9,14H2,1-5H3;6-7,10-14H,8-9H2,1-5H3. The molecule has 0 unspecified atom stereocenters.